The molecule has 0 spiro atoms. The van der Waals surface area contributed by atoms with Crippen LogP contribution in [-0.2, 0) is 0 Å². The van der Waals surface area contributed by atoms with E-state index in [1.165, 1.54) is 16.7 Å². The normalized spacial score (nSPS) is 22.4. The van der Waals surface area contributed by atoms with E-state index in [0.717, 1.165) is 31.9 Å². The first kappa shape index (κ1) is 19.1. The number of ether oxygens (including phenoxy) is 1. The van der Waals surface area contributed by atoms with Gasteiger partial charge < -0.3 is 10.1 Å². The van der Waals surface area contributed by atoms with Gasteiger partial charge in [0.15, 0.2) is 0 Å². The molecule has 0 saturated carbocycles. The minimum atomic E-state index is 0. The summed E-state index contributed by atoms with van der Waals surface area (Å²) in [5.41, 5.74) is 4.29. The van der Waals surface area contributed by atoms with E-state index in [9.17, 15) is 0 Å². The number of piperazine rings is 1. The first-order chi connectivity index (χ1) is 10.9. The minimum absolute atomic E-state index is 0. The van der Waals surface area contributed by atoms with Crippen LogP contribution in [0.5, 0.6) is 5.75 Å². The van der Waals surface area contributed by atoms with Gasteiger partial charge in [0.05, 0.1) is 7.11 Å². The molecule has 0 amide bonds. The molecular weight excluding hydrogens is 343 g/mol. The summed E-state index contributed by atoms with van der Waals surface area (Å²) in [7, 11) is 1.75. The monoisotopic (exact) mass is 366 g/mol. The highest BCUT2D eigenvalue weighted by Crippen LogP contribution is 2.41. The van der Waals surface area contributed by atoms with Crippen LogP contribution in [0.25, 0.3) is 0 Å². The summed E-state index contributed by atoms with van der Waals surface area (Å²) >= 11 is 0. The summed E-state index contributed by atoms with van der Waals surface area (Å²) in [6.45, 7) is 4.33. The van der Waals surface area contributed by atoms with Gasteiger partial charge in [-0.2, -0.15) is 0 Å². The second kappa shape index (κ2) is 8.21. The highest BCUT2D eigenvalue weighted by Gasteiger charge is 2.35. The average molecular weight is 367 g/mol. The van der Waals surface area contributed by atoms with Crippen LogP contribution < -0.4 is 10.1 Å². The smallest absolute Gasteiger partial charge is 0.119 e. The molecule has 2 aromatic carbocycles. The summed E-state index contributed by atoms with van der Waals surface area (Å²) in [6, 6.07) is 17.9. The molecule has 2 heterocycles. The van der Waals surface area contributed by atoms with E-state index in [4.69, 9.17) is 4.74 Å². The zero-order chi connectivity index (χ0) is 14.9. The second-order valence-corrected chi connectivity index (χ2v) is 6.17. The topological polar surface area (TPSA) is 24.5 Å². The van der Waals surface area contributed by atoms with Crippen molar-refractivity contribution >= 4 is 24.8 Å². The Kier molecular flexibility index (Phi) is 6.53. The van der Waals surface area contributed by atoms with Crippen LogP contribution in [0.4, 0.5) is 0 Å². The molecule has 1 saturated heterocycles. The lowest BCUT2D eigenvalue weighted by Gasteiger charge is -2.44. The zero-order valence-corrected chi connectivity index (χ0v) is 15.4. The maximum absolute atomic E-state index is 5.46. The van der Waals surface area contributed by atoms with Crippen molar-refractivity contribution in [3.63, 3.8) is 0 Å². The predicted molar refractivity (Wildman–Crippen MR) is 103 cm³/mol. The van der Waals surface area contributed by atoms with Gasteiger partial charge in [0.1, 0.15) is 5.75 Å². The van der Waals surface area contributed by atoms with Crippen molar-refractivity contribution in [1.82, 2.24) is 10.2 Å². The molecule has 2 aromatic rings. The van der Waals surface area contributed by atoms with E-state index >= 15 is 0 Å². The van der Waals surface area contributed by atoms with Crippen LogP contribution >= 0.6 is 24.8 Å². The molecule has 0 aliphatic carbocycles. The summed E-state index contributed by atoms with van der Waals surface area (Å²) in [6.07, 6.45) is 0. The Balaban J connectivity index is 0.00000104. The van der Waals surface area contributed by atoms with Gasteiger partial charge in [-0.3, -0.25) is 4.90 Å². The van der Waals surface area contributed by atoms with Crippen molar-refractivity contribution in [1.29, 1.82) is 0 Å². The van der Waals surface area contributed by atoms with E-state index in [2.05, 4.69) is 58.7 Å². The standard InChI is InChI=1S/C19H22N2O.2ClH/c1-22-15-7-8-16-17(11-15)19-12-20-9-10-21(19)13-18(16)14-5-3-2-4-6-14;;/h2-8,11,18-20H,9-10,12-13H2,1H3;2*1H/t18-,19+;;/m1../s1. The van der Waals surface area contributed by atoms with Crippen molar-refractivity contribution in [2.75, 3.05) is 33.3 Å². The zero-order valence-electron chi connectivity index (χ0n) is 13.8. The lowest BCUT2D eigenvalue weighted by molar-refractivity contribution is 0.143. The molecule has 4 rings (SSSR count). The van der Waals surface area contributed by atoms with Gasteiger partial charge in [-0.1, -0.05) is 36.4 Å². The fraction of sp³-hybridized carbons (Fsp3) is 0.368. The van der Waals surface area contributed by atoms with Crippen LogP contribution in [0.1, 0.15) is 28.7 Å². The lowest BCUT2D eigenvalue weighted by atomic mass is 9.80. The number of methoxy groups -OCH3 is 1. The number of fused-ring (bicyclic) bond motifs is 3. The Bertz CT molecular complexity index is 666. The minimum Gasteiger partial charge on any atom is -0.497 e. The molecule has 0 unspecified atom stereocenters. The van der Waals surface area contributed by atoms with Gasteiger partial charge in [0, 0.05) is 38.1 Å². The first-order valence-electron chi connectivity index (χ1n) is 8.04. The molecule has 0 radical (unpaired) electrons. The number of nitrogens with zero attached hydrogens (tertiary/aromatic N) is 1. The largest absolute Gasteiger partial charge is 0.497 e. The Hall–Kier alpha value is -1.26. The molecule has 24 heavy (non-hydrogen) atoms. The van der Waals surface area contributed by atoms with Gasteiger partial charge >= 0.3 is 0 Å². The third-order valence-electron chi connectivity index (χ3n) is 5.00. The fourth-order valence-electron chi connectivity index (χ4n) is 3.86. The first-order valence-corrected chi connectivity index (χ1v) is 8.04. The number of rotatable bonds is 2. The third-order valence-corrected chi connectivity index (χ3v) is 5.00. The van der Waals surface area contributed by atoms with E-state index < -0.39 is 0 Å². The van der Waals surface area contributed by atoms with Crippen LogP contribution in [0.15, 0.2) is 48.5 Å². The molecular formula is C19H24Cl2N2O. The molecule has 0 aromatic heterocycles. The molecule has 130 valence electrons. The van der Waals surface area contributed by atoms with Gasteiger partial charge in [0.2, 0.25) is 0 Å². The van der Waals surface area contributed by atoms with Gasteiger partial charge in [-0.25, -0.2) is 0 Å². The number of hydrogen-bond donors (Lipinski definition) is 1. The Morgan fingerprint density at radius 2 is 1.83 bits per heavy atom. The van der Waals surface area contributed by atoms with Crippen molar-refractivity contribution in [2.45, 2.75) is 12.0 Å². The van der Waals surface area contributed by atoms with Gasteiger partial charge in [-0.05, 0) is 28.8 Å². The van der Waals surface area contributed by atoms with Crippen LogP contribution in [-0.4, -0.2) is 38.2 Å². The quantitative estimate of drug-likeness (QED) is 0.877. The van der Waals surface area contributed by atoms with E-state index in [1.807, 2.05) is 0 Å². The van der Waals surface area contributed by atoms with Crippen molar-refractivity contribution in [3.05, 3.63) is 65.2 Å². The van der Waals surface area contributed by atoms with Gasteiger partial charge in [-0.15, -0.1) is 24.8 Å². The molecule has 3 nitrogen and oxygen atoms in total. The number of nitrogens with one attached hydrogen (secondary N) is 1. The molecule has 0 bridgehead atoms. The molecule has 2 aliphatic rings. The summed E-state index contributed by atoms with van der Waals surface area (Å²) < 4.78 is 5.46. The highest BCUT2D eigenvalue weighted by molar-refractivity contribution is 5.85. The van der Waals surface area contributed by atoms with Crippen molar-refractivity contribution in [3.8, 4) is 5.75 Å². The Labute approximate surface area is 156 Å². The SMILES string of the molecule is COc1ccc2c(c1)[C@@H]1CNCCN1C[C@@H]2c1ccccc1.Cl.Cl. The van der Waals surface area contributed by atoms with Crippen molar-refractivity contribution < 1.29 is 4.74 Å². The second-order valence-electron chi connectivity index (χ2n) is 6.17. The Morgan fingerprint density at radius 3 is 2.58 bits per heavy atom. The lowest BCUT2D eigenvalue weighted by Crippen LogP contribution is -2.50. The van der Waals surface area contributed by atoms with Crippen LogP contribution in [0.3, 0.4) is 0 Å². The number of halogens is 2. The van der Waals surface area contributed by atoms with E-state index in [-0.39, 0.29) is 24.8 Å². The van der Waals surface area contributed by atoms with Crippen LogP contribution in [0, 0.1) is 0 Å². The molecule has 1 fully saturated rings. The fourth-order valence-corrected chi connectivity index (χ4v) is 3.86. The molecule has 1 N–H and O–H groups in total. The number of hydrogen-bond acceptors (Lipinski definition) is 3. The van der Waals surface area contributed by atoms with E-state index in [0.29, 0.717) is 12.0 Å². The van der Waals surface area contributed by atoms with E-state index in [1.54, 1.807) is 7.11 Å². The third kappa shape index (κ3) is 3.40. The van der Waals surface area contributed by atoms with Crippen LogP contribution in [0.2, 0.25) is 0 Å². The molecule has 2 atom stereocenters. The maximum Gasteiger partial charge on any atom is 0.119 e. The van der Waals surface area contributed by atoms with Crippen molar-refractivity contribution in [2.24, 2.45) is 0 Å². The predicted octanol–water partition coefficient (Wildman–Crippen LogP) is 3.63. The summed E-state index contributed by atoms with van der Waals surface area (Å²) in [5.74, 6) is 1.41. The number of benzene rings is 2. The average Bonchev–Trinajstić information content (AvgIpc) is 2.61. The maximum atomic E-state index is 5.46. The Morgan fingerprint density at radius 1 is 1.04 bits per heavy atom. The molecule has 5 heteroatoms. The summed E-state index contributed by atoms with van der Waals surface area (Å²) in [5, 5.41) is 3.53. The molecule has 2 aliphatic heterocycles. The summed E-state index contributed by atoms with van der Waals surface area (Å²) in [4.78, 5) is 2.62. The highest BCUT2D eigenvalue weighted by atomic mass is 35.5. The van der Waals surface area contributed by atoms with Gasteiger partial charge in [0.25, 0.3) is 0 Å².